The van der Waals surface area contributed by atoms with Crippen molar-refractivity contribution in [3.63, 3.8) is 0 Å². The molecule has 7 heteroatoms. The van der Waals surface area contributed by atoms with E-state index in [1.165, 1.54) is 4.90 Å². The summed E-state index contributed by atoms with van der Waals surface area (Å²) < 4.78 is 10.3. The van der Waals surface area contributed by atoms with E-state index in [1.54, 1.807) is 38.3 Å². The third-order valence-electron chi connectivity index (χ3n) is 4.95. The fourth-order valence-corrected chi connectivity index (χ4v) is 3.66. The minimum absolute atomic E-state index is 0.131. The molecule has 2 saturated heterocycles. The first kappa shape index (κ1) is 18.4. The third kappa shape index (κ3) is 3.58. The highest BCUT2D eigenvalue weighted by Gasteiger charge is 2.44. The van der Waals surface area contributed by atoms with E-state index < -0.39 is 6.04 Å². The van der Waals surface area contributed by atoms with Crippen molar-refractivity contribution < 1.29 is 23.9 Å². The van der Waals surface area contributed by atoms with E-state index in [2.05, 4.69) is 0 Å². The van der Waals surface area contributed by atoms with Crippen molar-refractivity contribution in [3.05, 3.63) is 24.3 Å². The number of carbonyl (C=O) groups excluding carboxylic acids is 3. The van der Waals surface area contributed by atoms with Crippen molar-refractivity contribution in [2.45, 2.75) is 32.2 Å². The third-order valence-corrected chi connectivity index (χ3v) is 4.95. The zero-order chi connectivity index (χ0) is 18.7. The van der Waals surface area contributed by atoms with Crippen molar-refractivity contribution in [3.8, 4) is 5.75 Å². The smallest absolute Gasteiger partial charge is 0.310 e. The second-order valence-electron chi connectivity index (χ2n) is 6.57. The van der Waals surface area contributed by atoms with Gasteiger partial charge in [-0.25, -0.2) is 4.90 Å². The maximum absolute atomic E-state index is 12.9. The van der Waals surface area contributed by atoms with Gasteiger partial charge in [0.05, 0.1) is 37.8 Å². The van der Waals surface area contributed by atoms with Crippen LogP contribution < -0.4 is 9.64 Å². The van der Waals surface area contributed by atoms with Crippen LogP contribution in [0.5, 0.6) is 5.75 Å². The molecule has 2 aliphatic rings. The first-order valence-electron chi connectivity index (χ1n) is 8.96. The summed E-state index contributed by atoms with van der Waals surface area (Å²) in [4.78, 5) is 40.6. The minimum atomic E-state index is -0.522. The molecule has 0 aliphatic carbocycles. The van der Waals surface area contributed by atoms with Gasteiger partial charge in [-0.1, -0.05) is 6.07 Å². The largest absolute Gasteiger partial charge is 0.497 e. The van der Waals surface area contributed by atoms with Crippen molar-refractivity contribution in [1.29, 1.82) is 0 Å². The molecule has 2 aliphatic heterocycles. The van der Waals surface area contributed by atoms with Crippen LogP contribution in [0, 0.1) is 5.92 Å². The van der Waals surface area contributed by atoms with Gasteiger partial charge >= 0.3 is 5.97 Å². The highest BCUT2D eigenvalue weighted by molar-refractivity contribution is 6.22. The molecule has 3 rings (SSSR count). The SMILES string of the molecule is CCOC(=O)C1CCCN(C2CC(=O)N(c3cccc(OC)c3)C2=O)C1. The molecule has 2 atom stereocenters. The monoisotopic (exact) mass is 360 g/mol. The van der Waals surface area contributed by atoms with Crippen LogP contribution in [0.15, 0.2) is 24.3 Å². The molecular formula is C19H24N2O5. The molecule has 2 unspecified atom stereocenters. The fourth-order valence-electron chi connectivity index (χ4n) is 3.66. The molecule has 2 fully saturated rings. The van der Waals surface area contributed by atoms with Gasteiger partial charge in [-0.3, -0.25) is 19.3 Å². The Morgan fingerprint density at radius 1 is 1.31 bits per heavy atom. The molecule has 26 heavy (non-hydrogen) atoms. The summed E-state index contributed by atoms with van der Waals surface area (Å²) in [7, 11) is 1.54. The summed E-state index contributed by atoms with van der Waals surface area (Å²) in [5.74, 6) is -0.345. The molecule has 0 bridgehead atoms. The minimum Gasteiger partial charge on any atom is -0.497 e. The summed E-state index contributed by atoms with van der Waals surface area (Å²) >= 11 is 0. The maximum atomic E-state index is 12.9. The molecule has 140 valence electrons. The van der Waals surface area contributed by atoms with Crippen LogP contribution in [0.4, 0.5) is 5.69 Å². The Kier molecular flexibility index (Phi) is 5.56. The summed E-state index contributed by atoms with van der Waals surface area (Å²) in [6.07, 6.45) is 1.69. The lowest BCUT2D eigenvalue weighted by Crippen LogP contribution is -2.48. The van der Waals surface area contributed by atoms with Crippen molar-refractivity contribution in [2.24, 2.45) is 5.92 Å². The summed E-state index contributed by atoms with van der Waals surface area (Å²) in [6, 6.07) is 6.39. The number of carbonyl (C=O) groups is 3. The molecule has 0 spiro atoms. The number of nitrogens with zero attached hydrogens (tertiary/aromatic N) is 2. The van der Waals surface area contributed by atoms with Gasteiger partial charge in [-0.2, -0.15) is 0 Å². The number of hydrogen-bond donors (Lipinski definition) is 0. The molecule has 1 aromatic rings. The predicted octanol–water partition coefficient (Wildman–Crippen LogP) is 1.60. The van der Waals surface area contributed by atoms with Gasteiger partial charge in [0.2, 0.25) is 5.91 Å². The zero-order valence-corrected chi connectivity index (χ0v) is 15.1. The summed E-state index contributed by atoms with van der Waals surface area (Å²) in [5.41, 5.74) is 0.515. The number of imide groups is 1. The standard InChI is InChI=1S/C19H24N2O5/c1-3-26-19(24)13-6-5-9-20(12-13)16-11-17(22)21(18(16)23)14-7-4-8-15(10-14)25-2/h4,7-8,10,13,16H,3,5-6,9,11-12H2,1-2H3. The molecule has 1 aromatic carbocycles. The van der Waals surface area contributed by atoms with Crippen LogP contribution in [0.3, 0.4) is 0 Å². The molecular weight excluding hydrogens is 336 g/mol. The molecule has 2 heterocycles. The van der Waals surface area contributed by atoms with Gasteiger partial charge in [-0.15, -0.1) is 0 Å². The van der Waals surface area contributed by atoms with Crippen LogP contribution in [-0.2, 0) is 19.1 Å². The quantitative estimate of drug-likeness (QED) is 0.586. The Morgan fingerprint density at radius 2 is 2.12 bits per heavy atom. The van der Waals surface area contributed by atoms with Crippen molar-refractivity contribution >= 4 is 23.5 Å². The molecule has 2 amide bonds. The average molecular weight is 360 g/mol. The number of anilines is 1. The predicted molar refractivity (Wildman–Crippen MR) is 94.8 cm³/mol. The summed E-state index contributed by atoms with van der Waals surface area (Å²) in [5, 5.41) is 0. The fraction of sp³-hybridized carbons (Fsp3) is 0.526. The Bertz CT molecular complexity index is 705. The van der Waals surface area contributed by atoms with Gasteiger partial charge in [0.1, 0.15) is 5.75 Å². The van der Waals surface area contributed by atoms with Crippen LogP contribution in [0.25, 0.3) is 0 Å². The number of esters is 1. The molecule has 0 radical (unpaired) electrons. The molecule has 0 saturated carbocycles. The first-order valence-corrected chi connectivity index (χ1v) is 8.96. The average Bonchev–Trinajstić information content (AvgIpc) is 2.96. The number of rotatable bonds is 5. The molecule has 0 aromatic heterocycles. The molecule has 7 nitrogen and oxygen atoms in total. The maximum Gasteiger partial charge on any atom is 0.310 e. The number of amides is 2. The zero-order valence-electron chi connectivity index (χ0n) is 15.1. The highest BCUT2D eigenvalue weighted by atomic mass is 16.5. The van der Waals surface area contributed by atoms with E-state index in [4.69, 9.17) is 9.47 Å². The second-order valence-corrected chi connectivity index (χ2v) is 6.57. The first-order chi connectivity index (χ1) is 12.5. The van der Waals surface area contributed by atoms with Gasteiger partial charge in [0.15, 0.2) is 0 Å². The Labute approximate surface area is 152 Å². The van der Waals surface area contributed by atoms with Crippen LogP contribution in [0.1, 0.15) is 26.2 Å². The van der Waals surface area contributed by atoms with Crippen LogP contribution >= 0.6 is 0 Å². The van der Waals surface area contributed by atoms with Crippen molar-refractivity contribution in [2.75, 3.05) is 31.7 Å². The molecule has 0 N–H and O–H groups in total. The van der Waals surface area contributed by atoms with E-state index in [0.717, 1.165) is 12.8 Å². The lowest BCUT2D eigenvalue weighted by molar-refractivity contribution is -0.150. The van der Waals surface area contributed by atoms with E-state index in [-0.39, 0.29) is 30.1 Å². The number of likely N-dealkylation sites (tertiary alicyclic amines) is 1. The van der Waals surface area contributed by atoms with Crippen LogP contribution in [0.2, 0.25) is 0 Å². The number of ether oxygens (including phenoxy) is 2. The van der Waals surface area contributed by atoms with Gasteiger partial charge in [-0.05, 0) is 38.4 Å². The number of benzene rings is 1. The lowest BCUT2D eigenvalue weighted by Gasteiger charge is -2.34. The van der Waals surface area contributed by atoms with E-state index in [0.29, 0.717) is 31.1 Å². The number of hydrogen-bond acceptors (Lipinski definition) is 6. The number of piperidine rings is 1. The van der Waals surface area contributed by atoms with E-state index in [1.807, 2.05) is 4.90 Å². The van der Waals surface area contributed by atoms with Crippen LogP contribution in [-0.4, -0.2) is 55.5 Å². The summed E-state index contributed by atoms with van der Waals surface area (Å²) in [6.45, 7) is 3.28. The van der Waals surface area contributed by atoms with Gasteiger partial charge in [0, 0.05) is 12.6 Å². The van der Waals surface area contributed by atoms with Gasteiger partial charge in [0.25, 0.3) is 5.91 Å². The second kappa shape index (κ2) is 7.86. The van der Waals surface area contributed by atoms with Crippen molar-refractivity contribution in [1.82, 2.24) is 4.90 Å². The topological polar surface area (TPSA) is 76.2 Å². The normalized spacial score (nSPS) is 24.0. The van der Waals surface area contributed by atoms with Gasteiger partial charge < -0.3 is 9.47 Å². The number of methoxy groups -OCH3 is 1. The lowest BCUT2D eigenvalue weighted by atomic mass is 9.96. The highest BCUT2D eigenvalue weighted by Crippen LogP contribution is 2.30. The Morgan fingerprint density at radius 3 is 2.85 bits per heavy atom. The van der Waals surface area contributed by atoms with E-state index in [9.17, 15) is 14.4 Å². The van der Waals surface area contributed by atoms with E-state index >= 15 is 0 Å². The Balaban J connectivity index is 1.74. The Hall–Kier alpha value is -2.41.